The molecule has 0 spiro atoms. The minimum absolute atomic E-state index is 0.993. The topological polar surface area (TPSA) is 15.6 Å². The molecule has 100 valence electrons. The number of hydrogen-bond donors (Lipinski definition) is 0. The highest BCUT2D eigenvalue weighted by atomic mass is 15.1. The molecule has 0 heterocycles. The molecule has 0 bridgehead atoms. The van der Waals surface area contributed by atoms with Gasteiger partial charge in [-0.05, 0) is 42.3 Å². The van der Waals surface area contributed by atoms with Crippen LogP contribution in [0.2, 0.25) is 0 Å². The lowest BCUT2D eigenvalue weighted by Gasteiger charge is -2.14. The van der Waals surface area contributed by atoms with Crippen LogP contribution in [-0.2, 0) is 6.42 Å². The molecule has 0 saturated heterocycles. The van der Waals surface area contributed by atoms with Crippen LogP contribution in [0, 0.1) is 0 Å². The summed E-state index contributed by atoms with van der Waals surface area (Å²) < 4.78 is 0. The van der Waals surface area contributed by atoms with Crippen molar-refractivity contribution in [3.05, 3.63) is 71.8 Å². The Hall–Kier alpha value is -2.35. The van der Waals surface area contributed by atoms with E-state index in [2.05, 4.69) is 65.6 Å². The first-order chi connectivity index (χ1) is 9.74. The molecular formula is C18H18N2. The van der Waals surface area contributed by atoms with E-state index < -0.39 is 0 Å². The molecule has 0 atom stereocenters. The Morgan fingerprint density at radius 2 is 1.70 bits per heavy atom. The highest BCUT2D eigenvalue weighted by Gasteiger charge is 2.09. The van der Waals surface area contributed by atoms with Gasteiger partial charge in [-0.25, -0.2) is 4.99 Å². The maximum Gasteiger partial charge on any atom is 0.0709 e. The number of anilines is 1. The predicted molar refractivity (Wildman–Crippen MR) is 86.3 cm³/mol. The molecule has 0 N–H and O–H groups in total. The van der Waals surface area contributed by atoms with Crippen LogP contribution >= 0.6 is 0 Å². The Morgan fingerprint density at radius 3 is 2.45 bits per heavy atom. The van der Waals surface area contributed by atoms with Crippen LogP contribution < -0.4 is 4.90 Å². The van der Waals surface area contributed by atoms with Crippen molar-refractivity contribution in [3.63, 3.8) is 0 Å². The predicted octanol–water partition coefficient (Wildman–Crippen LogP) is 3.99. The lowest BCUT2D eigenvalue weighted by molar-refractivity contribution is 1.13. The molecule has 3 rings (SSSR count). The zero-order valence-corrected chi connectivity index (χ0v) is 11.9. The number of allylic oxidation sites excluding steroid dienone is 2. The average Bonchev–Trinajstić information content (AvgIpc) is 2.48. The van der Waals surface area contributed by atoms with Gasteiger partial charge in [0.1, 0.15) is 0 Å². The van der Waals surface area contributed by atoms with Gasteiger partial charge in [0.05, 0.1) is 11.4 Å². The Labute approximate surface area is 120 Å². The van der Waals surface area contributed by atoms with Gasteiger partial charge in [-0.1, -0.05) is 30.3 Å². The monoisotopic (exact) mass is 262 g/mol. The van der Waals surface area contributed by atoms with Crippen molar-refractivity contribution in [2.24, 2.45) is 4.99 Å². The molecule has 1 aliphatic rings. The van der Waals surface area contributed by atoms with E-state index in [-0.39, 0.29) is 0 Å². The third-order valence-corrected chi connectivity index (χ3v) is 3.52. The molecule has 0 amide bonds. The number of aliphatic imine (C=N–C) groups is 1. The van der Waals surface area contributed by atoms with Crippen LogP contribution in [0.1, 0.15) is 11.1 Å². The van der Waals surface area contributed by atoms with E-state index in [1.54, 1.807) is 0 Å². The van der Waals surface area contributed by atoms with Crippen molar-refractivity contribution < 1.29 is 0 Å². The molecule has 20 heavy (non-hydrogen) atoms. The highest BCUT2D eigenvalue weighted by molar-refractivity contribution is 6.11. The van der Waals surface area contributed by atoms with Gasteiger partial charge in [0.25, 0.3) is 0 Å². The SMILES string of the molecule is CN(C)c1ccc(N=C2C=CCc3ccccc32)cc1. The molecule has 0 unspecified atom stereocenters. The fourth-order valence-electron chi connectivity index (χ4n) is 2.40. The van der Waals surface area contributed by atoms with Crippen molar-refractivity contribution >= 4 is 17.1 Å². The molecule has 0 aromatic heterocycles. The maximum absolute atomic E-state index is 4.77. The van der Waals surface area contributed by atoms with E-state index in [0.717, 1.165) is 17.8 Å². The fourth-order valence-corrected chi connectivity index (χ4v) is 2.40. The minimum atomic E-state index is 0.993. The molecule has 2 aromatic carbocycles. The smallest absolute Gasteiger partial charge is 0.0709 e. The van der Waals surface area contributed by atoms with Gasteiger partial charge in [0.2, 0.25) is 0 Å². The van der Waals surface area contributed by atoms with E-state index in [1.165, 1.54) is 16.8 Å². The van der Waals surface area contributed by atoms with Gasteiger partial charge in [0.15, 0.2) is 0 Å². The van der Waals surface area contributed by atoms with Crippen molar-refractivity contribution in [2.45, 2.75) is 6.42 Å². The summed E-state index contributed by atoms with van der Waals surface area (Å²) >= 11 is 0. The molecule has 0 saturated carbocycles. The van der Waals surface area contributed by atoms with E-state index in [9.17, 15) is 0 Å². The summed E-state index contributed by atoms with van der Waals surface area (Å²) in [5.74, 6) is 0. The van der Waals surface area contributed by atoms with E-state index in [4.69, 9.17) is 4.99 Å². The molecule has 2 nitrogen and oxygen atoms in total. The standard InChI is InChI=1S/C18H18N2/c1-20(2)16-12-10-15(11-13-16)19-18-9-5-7-14-6-3-4-8-17(14)18/h3-6,8-13H,7H2,1-2H3. The number of rotatable bonds is 2. The third kappa shape index (κ3) is 2.50. The molecule has 0 aliphatic heterocycles. The van der Waals surface area contributed by atoms with E-state index >= 15 is 0 Å². The molecule has 1 aliphatic carbocycles. The lowest BCUT2D eigenvalue weighted by atomic mass is 9.95. The number of fused-ring (bicyclic) bond motifs is 1. The van der Waals surface area contributed by atoms with Gasteiger partial charge in [0, 0.05) is 25.3 Å². The summed E-state index contributed by atoms with van der Waals surface area (Å²) in [6.45, 7) is 0. The van der Waals surface area contributed by atoms with Crippen molar-refractivity contribution in [2.75, 3.05) is 19.0 Å². The molecular weight excluding hydrogens is 244 g/mol. The summed E-state index contributed by atoms with van der Waals surface area (Å²) in [7, 11) is 4.09. The first kappa shape index (κ1) is 12.7. The Morgan fingerprint density at radius 1 is 0.950 bits per heavy atom. The second kappa shape index (κ2) is 5.33. The van der Waals surface area contributed by atoms with Gasteiger partial charge in [-0.3, -0.25) is 0 Å². The van der Waals surface area contributed by atoms with Crippen molar-refractivity contribution in [1.29, 1.82) is 0 Å². The Balaban J connectivity index is 1.96. The highest BCUT2D eigenvalue weighted by Crippen LogP contribution is 2.22. The normalized spacial score (nSPS) is 15.2. The quantitative estimate of drug-likeness (QED) is 0.799. The van der Waals surface area contributed by atoms with Crippen LogP contribution in [0.4, 0.5) is 11.4 Å². The Bertz CT molecular complexity index is 664. The Kier molecular flexibility index (Phi) is 3.38. The second-order valence-corrected chi connectivity index (χ2v) is 5.17. The summed E-state index contributed by atoms with van der Waals surface area (Å²) in [6.07, 6.45) is 5.28. The summed E-state index contributed by atoms with van der Waals surface area (Å²) in [5.41, 5.74) is 5.82. The van der Waals surface area contributed by atoms with Gasteiger partial charge in [-0.2, -0.15) is 0 Å². The zero-order valence-electron chi connectivity index (χ0n) is 11.9. The summed E-state index contributed by atoms with van der Waals surface area (Å²) in [5, 5.41) is 0. The first-order valence-corrected chi connectivity index (χ1v) is 6.85. The average molecular weight is 262 g/mol. The minimum Gasteiger partial charge on any atom is -0.378 e. The third-order valence-electron chi connectivity index (χ3n) is 3.52. The van der Waals surface area contributed by atoms with Crippen molar-refractivity contribution in [3.8, 4) is 0 Å². The van der Waals surface area contributed by atoms with E-state index in [0.29, 0.717) is 0 Å². The lowest BCUT2D eigenvalue weighted by Crippen LogP contribution is -2.08. The largest absolute Gasteiger partial charge is 0.378 e. The van der Waals surface area contributed by atoms with Gasteiger partial charge in [-0.15, -0.1) is 0 Å². The number of hydrogen-bond acceptors (Lipinski definition) is 2. The van der Waals surface area contributed by atoms with Crippen LogP contribution in [0.25, 0.3) is 0 Å². The summed E-state index contributed by atoms with van der Waals surface area (Å²) in [6, 6.07) is 16.8. The fraction of sp³-hybridized carbons (Fsp3) is 0.167. The van der Waals surface area contributed by atoms with Crippen LogP contribution in [-0.4, -0.2) is 19.8 Å². The number of nitrogens with zero attached hydrogens (tertiary/aromatic N) is 2. The molecule has 2 heteroatoms. The first-order valence-electron chi connectivity index (χ1n) is 6.85. The van der Waals surface area contributed by atoms with Crippen molar-refractivity contribution in [1.82, 2.24) is 0 Å². The van der Waals surface area contributed by atoms with Gasteiger partial charge >= 0.3 is 0 Å². The van der Waals surface area contributed by atoms with Crippen LogP contribution in [0.3, 0.4) is 0 Å². The second-order valence-electron chi connectivity index (χ2n) is 5.17. The molecule has 0 fully saturated rings. The van der Waals surface area contributed by atoms with Crippen LogP contribution in [0.15, 0.2) is 65.7 Å². The van der Waals surface area contributed by atoms with Gasteiger partial charge < -0.3 is 4.90 Å². The number of benzene rings is 2. The molecule has 0 radical (unpaired) electrons. The van der Waals surface area contributed by atoms with Crippen LogP contribution in [0.5, 0.6) is 0 Å². The van der Waals surface area contributed by atoms with E-state index in [1.807, 2.05) is 14.1 Å². The molecule has 2 aromatic rings. The maximum atomic E-state index is 4.77. The summed E-state index contributed by atoms with van der Waals surface area (Å²) in [4.78, 5) is 6.86. The zero-order chi connectivity index (χ0) is 13.9.